The van der Waals surface area contributed by atoms with Crippen LogP contribution in [0.1, 0.15) is 5.56 Å². The summed E-state index contributed by atoms with van der Waals surface area (Å²) in [6.45, 7) is 1.48. The van der Waals surface area contributed by atoms with Crippen molar-refractivity contribution in [2.75, 3.05) is 23.3 Å². The number of anilines is 2. The van der Waals surface area contributed by atoms with Crippen LogP contribution < -0.4 is 14.4 Å². The minimum Gasteiger partial charge on any atom is -0.496 e. The molecule has 6 nitrogen and oxygen atoms in total. The maximum absolute atomic E-state index is 13.5. The molecule has 0 spiro atoms. The number of methoxy groups -OCH3 is 1. The molecule has 0 saturated carbocycles. The van der Waals surface area contributed by atoms with Crippen LogP contribution in [0.2, 0.25) is 5.02 Å². The van der Waals surface area contributed by atoms with E-state index in [1.807, 2.05) is 6.92 Å². The van der Waals surface area contributed by atoms with Gasteiger partial charge in [-0.15, -0.1) is 0 Å². The molecule has 0 fully saturated rings. The van der Waals surface area contributed by atoms with E-state index >= 15 is 0 Å². The van der Waals surface area contributed by atoms with Crippen LogP contribution in [0.15, 0.2) is 76.1 Å². The third kappa shape index (κ3) is 5.58. The summed E-state index contributed by atoms with van der Waals surface area (Å²) < 4.78 is 33.7. The molecule has 0 unspecified atom stereocenters. The van der Waals surface area contributed by atoms with Crippen molar-refractivity contribution in [3.8, 4) is 5.75 Å². The summed E-state index contributed by atoms with van der Waals surface area (Å²) in [5.74, 6) is -0.00136. The van der Waals surface area contributed by atoms with Gasteiger partial charge in [0.05, 0.1) is 22.2 Å². The Bertz CT molecular complexity index is 1200. The van der Waals surface area contributed by atoms with Crippen LogP contribution >= 0.6 is 27.5 Å². The summed E-state index contributed by atoms with van der Waals surface area (Å²) in [7, 11) is -2.56. The van der Waals surface area contributed by atoms with Gasteiger partial charge in [0.1, 0.15) is 12.3 Å². The van der Waals surface area contributed by atoms with Gasteiger partial charge in [0.25, 0.3) is 10.0 Å². The molecule has 0 heterocycles. The predicted octanol–water partition coefficient (Wildman–Crippen LogP) is 5.25. The molecule has 3 aromatic rings. The highest BCUT2D eigenvalue weighted by atomic mass is 79.9. The molecule has 1 amide bonds. The lowest BCUT2D eigenvalue weighted by Gasteiger charge is -2.24. The van der Waals surface area contributed by atoms with Crippen LogP contribution in [-0.2, 0) is 14.8 Å². The molecular weight excluding hydrogens is 504 g/mol. The number of nitrogens with one attached hydrogen (secondary N) is 1. The monoisotopic (exact) mass is 522 g/mol. The van der Waals surface area contributed by atoms with Crippen molar-refractivity contribution < 1.29 is 17.9 Å². The van der Waals surface area contributed by atoms with E-state index in [1.165, 1.54) is 19.2 Å². The van der Waals surface area contributed by atoms with Crippen LogP contribution in [0.5, 0.6) is 5.75 Å². The van der Waals surface area contributed by atoms with Gasteiger partial charge in [-0.1, -0.05) is 35.4 Å². The van der Waals surface area contributed by atoms with Crippen LogP contribution in [0.4, 0.5) is 11.4 Å². The van der Waals surface area contributed by atoms with Crippen molar-refractivity contribution in [2.45, 2.75) is 11.8 Å². The smallest absolute Gasteiger partial charge is 0.264 e. The first-order valence-corrected chi connectivity index (χ1v) is 11.8. The number of hydrogen-bond donors (Lipinski definition) is 1. The Kier molecular flexibility index (Phi) is 7.25. The molecule has 0 saturated heterocycles. The number of rotatable bonds is 7. The van der Waals surface area contributed by atoms with E-state index in [2.05, 4.69) is 21.2 Å². The lowest BCUT2D eigenvalue weighted by atomic mass is 10.2. The summed E-state index contributed by atoms with van der Waals surface area (Å²) in [5.41, 5.74) is 1.82. The maximum Gasteiger partial charge on any atom is 0.264 e. The van der Waals surface area contributed by atoms with Crippen molar-refractivity contribution in [3.05, 3.63) is 81.8 Å². The number of sulfonamides is 1. The molecule has 0 aliphatic heterocycles. The molecule has 0 aliphatic rings. The molecule has 3 rings (SSSR count). The number of nitrogens with zero attached hydrogens (tertiary/aromatic N) is 1. The van der Waals surface area contributed by atoms with Crippen LogP contribution in [0, 0.1) is 6.92 Å². The fourth-order valence-electron chi connectivity index (χ4n) is 2.86. The topological polar surface area (TPSA) is 75.7 Å². The number of benzene rings is 3. The Hall–Kier alpha value is -2.55. The minimum atomic E-state index is -4.05. The fraction of sp³-hybridized carbons (Fsp3) is 0.136. The highest BCUT2D eigenvalue weighted by Crippen LogP contribution is 2.31. The van der Waals surface area contributed by atoms with Crippen LogP contribution in [0.3, 0.4) is 0 Å². The van der Waals surface area contributed by atoms with Gasteiger partial charge in [-0.25, -0.2) is 8.42 Å². The van der Waals surface area contributed by atoms with Crippen molar-refractivity contribution in [3.63, 3.8) is 0 Å². The average Bonchev–Trinajstić information content (AvgIpc) is 2.72. The van der Waals surface area contributed by atoms with Gasteiger partial charge in [0.2, 0.25) is 5.91 Å². The second-order valence-electron chi connectivity index (χ2n) is 6.70. The van der Waals surface area contributed by atoms with E-state index in [4.69, 9.17) is 16.3 Å². The summed E-state index contributed by atoms with van der Waals surface area (Å²) in [6.07, 6.45) is 0. The normalized spacial score (nSPS) is 11.1. The second kappa shape index (κ2) is 9.72. The molecule has 31 heavy (non-hydrogen) atoms. The fourth-order valence-corrected chi connectivity index (χ4v) is 5.19. The van der Waals surface area contributed by atoms with Gasteiger partial charge in [-0.2, -0.15) is 0 Å². The highest BCUT2D eigenvalue weighted by Gasteiger charge is 2.28. The Morgan fingerprint density at radius 3 is 2.42 bits per heavy atom. The molecule has 0 aromatic heterocycles. The zero-order chi connectivity index (χ0) is 22.6. The summed E-state index contributed by atoms with van der Waals surface area (Å²) in [4.78, 5) is 12.8. The van der Waals surface area contributed by atoms with E-state index in [0.29, 0.717) is 26.6 Å². The van der Waals surface area contributed by atoms with E-state index in [-0.39, 0.29) is 4.90 Å². The summed E-state index contributed by atoms with van der Waals surface area (Å²) in [5, 5.41) is 3.15. The summed E-state index contributed by atoms with van der Waals surface area (Å²) in [6, 6.07) is 18.0. The molecule has 0 aliphatic carbocycles. The molecule has 0 radical (unpaired) electrons. The zero-order valence-electron chi connectivity index (χ0n) is 16.8. The molecule has 3 aromatic carbocycles. The van der Waals surface area contributed by atoms with E-state index in [1.54, 1.807) is 54.6 Å². The third-order valence-electron chi connectivity index (χ3n) is 4.43. The first kappa shape index (κ1) is 23.1. The van der Waals surface area contributed by atoms with E-state index < -0.39 is 22.5 Å². The molecule has 0 atom stereocenters. The van der Waals surface area contributed by atoms with Crippen molar-refractivity contribution in [2.24, 2.45) is 0 Å². The number of aryl methyl sites for hydroxylation is 1. The number of amides is 1. The van der Waals surface area contributed by atoms with E-state index in [9.17, 15) is 13.2 Å². The van der Waals surface area contributed by atoms with E-state index in [0.717, 1.165) is 9.87 Å². The molecule has 1 N–H and O–H groups in total. The van der Waals surface area contributed by atoms with Crippen molar-refractivity contribution in [1.29, 1.82) is 0 Å². The predicted molar refractivity (Wildman–Crippen MR) is 126 cm³/mol. The third-order valence-corrected chi connectivity index (χ3v) is 7.05. The molecule has 9 heteroatoms. The first-order valence-electron chi connectivity index (χ1n) is 9.19. The van der Waals surface area contributed by atoms with Crippen LogP contribution in [0.25, 0.3) is 0 Å². The Morgan fingerprint density at radius 1 is 1.10 bits per heavy atom. The van der Waals surface area contributed by atoms with Gasteiger partial charge in [0.15, 0.2) is 0 Å². The Balaban J connectivity index is 1.97. The van der Waals surface area contributed by atoms with Crippen LogP contribution in [-0.4, -0.2) is 28.0 Å². The molecular formula is C22H20BrClN2O4S. The quantitative estimate of drug-likeness (QED) is 0.459. The lowest BCUT2D eigenvalue weighted by molar-refractivity contribution is -0.114. The largest absolute Gasteiger partial charge is 0.496 e. The molecule has 162 valence electrons. The Labute approximate surface area is 195 Å². The van der Waals surface area contributed by atoms with Crippen molar-refractivity contribution >= 4 is 54.8 Å². The SMILES string of the molecule is COc1ccc(S(=O)(=O)N(CC(=O)Nc2cccc(Cl)c2)c2ccc(C)cc2)cc1Br. The molecule has 0 bridgehead atoms. The number of carbonyl (C=O) groups is 1. The highest BCUT2D eigenvalue weighted by molar-refractivity contribution is 9.10. The number of carbonyl (C=O) groups excluding carboxylic acids is 1. The maximum atomic E-state index is 13.5. The average molecular weight is 524 g/mol. The standard InChI is InChI=1S/C22H20BrClN2O4S/c1-15-6-8-18(9-7-15)26(14-22(27)25-17-5-3-4-16(24)12-17)31(28,29)19-10-11-21(30-2)20(23)13-19/h3-13H,14H2,1-2H3,(H,25,27). The number of hydrogen-bond acceptors (Lipinski definition) is 4. The number of ether oxygens (including phenoxy) is 1. The zero-order valence-corrected chi connectivity index (χ0v) is 20.0. The van der Waals surface area contributed by atoms with Crippen molar-refractivity contribution in [1.82, 2.24) is 0 Å². The van der Waals surface area contributed by atoms with Gasteiger partial charge in [-0.3, -0.25) is 9.10 Å². The lowest BCUT2D eigenvalue weighted by Crippen LogP contribution is -2.38. The van der Waals surface area contributed by atoms with Gasteiger partial charge >= 0.3 is 0 Å². The summed E-state index contributed by atoms with van der Waals surface area (Å²) >= 11 is 9.28. The van der Waals surface area contributed by atoms with Gasteiger partial charge in [0, 0.05) is 10.7 Å². The first-order chi connectivity index (χ1) is 14.7. The van der Waals surface area contributed by atoms with Gasteiger partial charge < -0.3 is 10.1 Å². The minimum absolute atomic E-state index is 0.0244. The second-order valence-corrected chi connectivity index (χ2v) is 9.86. The van der Waals surface area contributed by atoms with Gasteiger partial charge in [-0.05, 0) is 71.4 Å². The number of halogens is 2. The Morgan fingerprint density at radius 2 is 1.81 bits per heavy atom.